The lowest BCUT2D eigenvalue weighted by molar-refractivity contribution is -0.117. The van der Waals surface area contributed by atoms with E-state index in [0.29, 0.717) is 71.5 Å². The highest BCUT2D eigenvalue weighted by Crippen LogP contribution is 2.16. The Hall–Kier alpha value is -5.71. The second kappa shape index (κ2) is 26.9. The van der Waals surface area contributed by atoms with Crippen molar-refractivity contribution in [2.75, 3.05) is 45.8 Å². The Balaban J connectivity index is 1.27. The zero-order valence-corrected chi connectivity index (χ0v) is 37.5. The van der Waals surface area contributed by atoms with Crippen molar-refractivity contribution in [1.29, 1.82) is 0 Å². The van der Waals surface area contributed by atoms with Crippen LogP contribution in [-0.2, 0) is 36.9 Å². The number of rotatable bonds is 30. The van der Waals surface area contributed by atoms with Crippen molar-refractivity contribution in [1.82, 2.24) is 31.9 Å². The summed E-state index contributed by atoms with van der Waals surface area (Å²) in [5.41, 5.74) is 17.3. The van der Waals surface area contributed by atoms with E-state index in [0.717, 1.165) is 34.2 Å². The van der Waals surface area contributed by atoms with Crippen molar-refractivity contribution in [3.8, 4) is 28.7 Å². The third-order valence-electron chi connectivity index (χ3n) is 11.4. The van der Waals surface area contributed by atoms with Crippen LogP contribution >= 0.6 is 0 Å². The fourth-order valence-electron chi connectivity index (χ4n) is 7.72. The van der Waals surface area contributed by atoms with Gasteiger partial charge in [0.15, 0.2) is 0 Å². The van der Waals surface area contributed by atoms with Crippen LogP contribution in [-0.4, -0.2) is 114 Å². The third-order valence-corrected chi connectivity index (χ3v) is 11.4. The fourth-order valence-corrected chi connectivity index (χ4v) is 7.72. The lowest BCUT2D eigenvalue weighted by Crippen LogP contribution is -2.53. The highest BCUT2D eigenvalue weighted by atomic mass is 16.3. The summed E-state index contributed by atoms with van der Waals surface area (Å²) in [7, 11) is 0. The van der Waals surface area contributed by atoms with Gasteiger partial charge in [-0.25, -0.2) is 0 Å². The predicted molar refractivity (Wildman–Crippen MR) is 258 cm³/mol. The highest BCUT2D eigenvalue weighted by molar-refractivity contribution is 5.73. The average molecular weight is 891 g/mol. The van der Waals surface area contributed by atoms with E-state index < -0.39 is 0 Å². The maximum Gasteiger partial charge on any atom is 0.218 e. The number of nitrogens with one attached hydrogen (secondary N) is 6. The molecule has 0 heterocycles. The summed E-state index contributed by atoms with van der Waals surface area (Å²) >= 11 is 0. The minimum atomic E-state index is -0.359. The maximum atomic E-state index is 11.4. The predicted octanol–water partition coefficient (Wildman–Crippen LogP) is 3.33. The molecular formula is C51H70N8O6. The average Bonchev–Trinajstić information content (AvgIpc) is 3.29. The molecule has 6 atom stereocenters. The molecule has 15 N–H and O–H groups in total. The zero-order valence-electron chi connectivity index (χ0n) is 37.5. The molecule has 0 saturated carbocycles. The molecule has 5 aromatic carbocycles. The normalized spacial score (nSPS) is 14.3. The lowest BCUT2D eigenvalue weighted by atomic mass is 10.0. The molecule has 14 nitrogen and oxygen atoms in total. The second-order valence-electron chi connectivity index (χ2n) is 17.3. The van der Waals surface area contributed by atoms with Gasteiger partial charge in [-0.2, -0.15) is 0 Å². The molecule has 1 amide bonds. The van der Waals surface area contributed by atoms with Crippen LogP contribution in [0, 0.1) is 0 Å². The van der Waals surface area contributed by atoms with Crippen LogP contribution in [0.25, 0.3) is 0 Å². The number of hydrogen-bond donors (Lipinski definition) is 13. The van der Waals surface area contributed by atoms with Crippen LogP contribution in [0.3, 0.4) is 0 Å². The summed E-state index contributed by atoms with van der Waals surface area (Å²) in [5, 5.41) is 71.9. The van der Waals surface area contributed by atoms with Gasteiger partial charge in [0.2, 0.25) is 5.91 Å². The zero-order chi connectivity index (χ0) is 46.4. The topological polar surface area (TPSA) is 242 Å². The number of carbonyl (C=O) groups excluding carboxylic acids is 1. The summed E-state index contributed by atoms with van der Waals surface area (Å²) in [6.07, 6.45) is 3.74. The number of benzene rings is 5. The van der Waals surface area contributed by atoms with E-state index >= 15 is 0 Å². The molecule has 0 bridgehead atoms. The van der Waals surface area contributed by atoms with Gasteiger partial charge in [0, 0.05) is 88.5 Å². The Bertz CT molecular complexity index is 2090. The Kier molecular flexibility index (Phi) is 20.8. The van der Waals surface area contributed by atoms with Crippen molar-refractivity contribution < 1.29 is 30.3 Å². The Morgan fingerprint density at radius 2 is 0.723 bits per heavy atom. The van der Waals surface area contributed by atoms with Crippen LogP contribution in [0.4, 0.5) is 0 Å². The molecule has 65 heavy (non-hydrogen) atoms. The van der Waals surface area contributed by atoms with Crippen molar-refractivity contribution >= 4 is 5.91 Å². The molecule has 5 aromatic rings. The van der Waals surface area contributed by atoms with Crippen molar-refractivity contribution in [2.24, 2.45) is 11.5 Å². The molecule has 0 aliphatic heterocycles. The number of primary amides is 1. The van der Waals surface area contributed by atoms with Gasteiger partial charge in [0.1, 0.15) is 28.7 Å². The van der Waals surface area contributed by atoms with Gasteiger partial charge >= 0.3 is 0 Å². The van der Waals surface area contributed by atoms with E-state index in [9.17, 15) is 30.3 Å². The van der Waals surface area contributed by atoms with E-state index in [1.54, 1.807) is 60.7 Å². The number of hydrogen-bond acceptors (Lipinski definition) is 13. The van der Waals surface area contributed by atoms with Crippen LogP contribution in [0.1, 0.15) is 41.2 Å². The van der Waals surface area contributed by atoms with E-state index in [1.807, 2.05) is 60.7 Å². The van der Waals surface area contributed by atoms with Crippen LogP contribution in [0.2, 0.25) is 0 Å². The summed E-state index contributed by atoms with van der Waals surface area (Å²) in [5.74, 6) is 0.729. The van der Waals surface area contributed by atoms with E-state index in [2.05, 4.69) is 38.8 Å². The third kappa shape index (κ3) is 19.9. The van der Waals surface area contributed by atoms with Crippen LogP contribution in [0.15, 0.2) is 121 Å². The van der Waals surface area contributed by atoms with Gasteiger partial charge in [-0.3, -0.25) is 4.79 Å². The molecule has 0 aliphatic rings. The summed E-state index contributed by atoms with van der Waals surface area (Å²) in [4.78, 5) is 11.4. The Morgan fingerprint density at radius 3 is 1.05 bits per heavy atom. The minimum absolute atomic E-state index is 0.000992. The first kappa shape index (κ1) is 50.3. The van der Waals surface area contributed by atoms with Crippen molar-refractivity contribution in [2.45, 2.75) is 81.7 Å². The van der Waals surface area contributed by atoms with Crippen LogP contribution < -0.4 is 43.4 Å². The van der Waals surface area contributed by atoms with Crippen molar-refractivity contribution in [3.63, 3.8) is 0 Å². The molecule has 14 heteroatoms. The molecule has 0 spiro atoms. The van der Waals surface area contributed by atoms with Gasteiger partial charge in [0.25, 0.3) is 0 Å². The molecule has 0 fully saturated rings. The van der Waals surface area contributed by atoms with Gasteiger partial charge < -0.3 is 68.9 Å². The van der Waals surface area contributed by atoms with Gasteiger partial charge in [0.05, 0.1) is 0 Å². The Labute approximate surface area is 383 Å². The quantitative estimate of drug-likeness (QED) is 0.0297. The summed E-state index contributed by atoms with van der Waals surface area (Å²) in [6.45, 7) is 6.41. The highest BCUT2D eigenvalue weighted by Gasteiger charge is 2.20. The largest absolute Gasteiger partial charge is 0.508 e. The molecule has 5 rings (SSSR count). The number of aromatic hydroxyl groups is 5. The summed E-state index contributed by atoms with van der Waals surface area (Å²) in [6, 6.07) is 36.3. The molecule has 0 aliphatic carbocycles. The maximum absolute atomic E-state index is 11.4. The fraction of sp³-hybridized carbons (Fsp3) is 0.392. The Morgan fingerprint density at radius 1 is 0.431 bits per heavy atom. The lowest BCUT2D eigenvalue weighted by Gasteiger charge is -2.29. The molecular weight excluding hydrogens is 821 g/mol. The summed E-state index contributed by atoms with van der Waals surface area (Å²) < 4.78 is 0. The van der Waals surface area contributed by atoms with Gasteiger partial charge in [-0.05, 0) is 128 Å². The first-order valence-electron chi connectivity index (χ1n) is 22.7. The number of phenolic OH excluding ortho intramolecular Hbond substituents is 5. The number of nitrogens with two attached hydrogens (primary N) is 2. The molecule has 0 unspecified atom stereocenters. The van der Waals surface area contributed by atoms with E-state index in [-0.39, 0.29) is 77.3 Å². The number of phenols is 5. The number of amides is 1. The van der Waals surface area contributed by atoms with E-state index in [4.69, 9.17) is 11.5 Å². The second-order valence-corrected chi connectivity index (χ2v) is 17.3. The molecule has 0 radical (unpaired) electrons. The van der Waals surface area contributed by atoms with Crippen LogP contribution in [0.5, 0.6) is 28.7 Å². The van der Waals surface area contributed by atoms with Gasteiger partial charge in [-0.1, -0.05) is 60.7 Å². The number of carbonyl (C=O) groups is 1. The first-order valence-corrected chi connectivity index (χ1v) is 22.7. The smallest absolute Gasteiger partial charge is 0.218 e. The van der Waals surface area contributed by atoms with E-state index in [1.165, 1.54) is 0 Å². The first-order chi connectivity index (χ1) is 31.3. The minimum Gasteiger partial charge on any atom is -0.508 e. The molecule has 350 valence electrons. The SMILES string of the molecule is C[C@@H](CN[C@H](CN[C@H](CN[C@H](CN[C@H](CNCCC(N)=O)Cc1ccc(O)cc1)Cc1ccc(O)cc1)Cc1ccc(O)cc1)Cc1ccc(O)cc1)NC[C@@H](N)Cc1ccc(O)cc1. The van der Waals surface area contributed by atoms with Gasteiger partial charge in [-0.15, -0.1) is 0 Å². The molecule has 0 saturated heterocycles. The molecule has 0 aromatic heterocycles. The van der Waals surface area contributed by atoms with Crippen molar-refractivity contribution in [3.05, 3.63) is 149 Å². The standard InChI is InChI=1S/C51H70N8O6/c1-35(55-30-41(52)24-36-2-12-46(60)13-3-36)29-56-43(26-38-6-16-48(62)17-7-38)32-58-45(28-40-10-20-50(64)21-11-40)34-59-44(27-39-8-18-49(63)19-9-39)33-57-42(31-54-23-22-51(53)65)25-37-4-14-47(61)15-5-37/h2-21,35,41-45,54-64H,22-34,52H2,1H3,(H2,53,65)/t35-,41-,42-,43-,44-,45-/m0/s1. The monoisotopic (exact) mass is 891 g/mol.